The van der Waals surface area contributed by atoms with Crippen LogP contribution < -0.4 is 4.74 Å². The maximum atomic E-state index is 13.4. The molecule has 3 heterocycles. The van der Waals surface area contributed by atoms with Gasteiger partial charge >= 0.3 is 24.3 Å². The second-order valence-electron chi connectivity index (χ2n) is 16.6. The van der Waals surface area contributed by atoms with E-state index in [0.717, 1.165) is 33.9 Å². The van der Waals surface area contributed by atoms with Crippen LogP contribution in [0.15, 0.2) is 182 Å². The number of benzene rings is 8. The van der Waals surface area contributed by atoms with Gasteiger partial charge in [0.25, 0.3) is 5.24 Å². The minimum Gasteiger partial charge on any atom is -0.507 e. The molecule has 0 radical (unpaired) electrons. The van der Waals surface area contributed by atoms with Crippen LogP contribution in [0.1, 0.15) is 53.3 Å². The summed E-state index contributed by atoms with van der Waals surface area (Å²) in [4.78, 5) is 49.5. The maximum absolute atomic E-state index is 13.4. The van der Waals surface area contributed by atoms with E-state index < -0.39 is 61.4 Å². The molecule has 3 aromatic heterocycles. The second-order valence-corrected chi connectivity index (χ2v) is 19.5. The molecule has 0 unspecified atom stereocenters. The molecular formula is C58H38Cl3F6N3O7S. The van der Waals surface area contributed by atoms with Crippen LogP contribution in [0.4, 0.5) is 26.3 Å². The van der Waals surface area contributed by atoms with Gasteiger partial charge in [-0.3, -0.25) is 4.79 Å². The highest BCUT2D eigenvalue weighted by atomic mass is 36.0. The normalized spacial score (nSPS) is 11.2. The highest BCUT2D eigenvalue weighted by molar-refractivity contribution is 8.26. The number of hydrogen-bond acceptors (Lipinski definition) is 9. The zero-order valence-corrected chi connectivity index (χ0v) is 43.5. The number of esters is 1. The van der Waals surface area contributed by atoms with Crippen LogP contribution in [0.3, 0.4) is 0 Å². The fourth-order valence-corrected chi connectivity index (χ4v) is 8.43. The third-order valence-corrected chi connectivity index (χ3v) is 11.8. The molecule has 78 heavy (non-hydrogen) atoms. The van der Waals surface area contributed by atoms with Crippen molar-refractivity contribution in [2.75, 3.05) is 0 Å². The standard InChI is InChI=1S/C22H14F3NO2.C14H8ClNO.C14H9NO2.C8H7F3O.Cl2OS/c1-13-7-6-10-16(22(23,24)25)20(13)28-21(27)19-14-8-2-4-11-17(14)26-18-12-5-3-9-15(18)19;15-14(17)13-9-5-1-3-7-11(9)16-12-8-4-2-6-10(12)13;16-14(17)13-9-5-1-3-7-11(9)15-12-8-4-2-6-10(12)13;1-5-3-2-4-6(7(5)12)8(9,10)11;1-4(2)3/h2-12H,1H3;1-8H;1-8H,(H,16,17);2-4,12H,1H3;. The van der Waals surface area contributed by atoms with E-state index in [2.05, 4.69) is 36.3 Å². The molecule has 0 saturated heterocycles. The Hall–Kier alpha value is -8.22. The smallest absolute Gasteiger partial charge is 0.419 e. The molecule has 0 fully saturated rings. The van der Waals surface area contributed by atoms with E-state index in [-0.39, 0.29) is 16.7 Å². The number of phenols is 1. The van der Waals surface area contributed by atoms with Gasteiger partial charge < -0.3 is 14.9 Å². The van der Waals surface area contributed by atoms with Gasteiger partial charge in [-0.05, 0) is 85.1 Å². The van der Waals surface area contributed by atoms with Gasteiger partial charge in [0, 0.05) is 53.7 Å². The van der Waals surface area contributed by atoms with E-state index in [1.165, 1.54) is 38.1 Å². The van der Waals surface area contributed by atoms with Crippen molar-refractivity contribution in [3.8, 4) is 11.5 Å². The van der Waals surface area contributed by atoms with Crippen molar-refractivity contribution in [1.82, 2.24) is 15.0 Å². The van der Waals surface area contributed by atoms with Crippen molar-refractivity contribution < 1.29 is 59.9 Å². The Morgan fingerprint density at radius 2 is 0.756 bits per heavy atom. The average molecular weight is 1140 g/mol. The van der Waals surface area contributed by atoms with E-state index in [1.807, 2.05) is 84.9 Å². The lowest BCUT2D eigenvalue weighted by Gasteiger charge is -2.16. The first-order valence-corrected chi connectivity index (χ1v) is 26.0. The lowest BCUT2D eigenvalue weighted by Crippen LogP contribution is -2.15. The molecule has 8 aromatic carbocycles. The Labute approximate surface area is 455 Å². The Morgan fingerprint density at radius 3 is 1.06 bits per heavy atom. The number of aromatic hydroxyl groups is 1. The number of ether oxygens (including phenoxy) is 1. The van der Waals surface area contributed by atoms with Crippen LogP contribution in [0.5, 0.6) is 11.5 Å². The van der Waals surface area contributed by atoms with Gasteiger partial charge in [0.2, 0.25) is 9.23 Å². The molecule has 20 heteroatoms. The third-order valence-electron chi connectivity index (χ3n) is 11.6. The van der Waals surface area contributed by atoms with Crippen molar-refractivity contribution >= 4 is 125 Å². The van der Waals surface area contributed by atoms with Crippen molar-refractivity contribution in [1.29, 1.82) is 0 Å². The number of fused-ring (bicyclic) bond motifs is 6. The minimum absolute atomic E-state index is 0.192. The molecule has 0 aliphatic carbocycles. The number of alkyl halides is 6. The number of para-hydroxylation sites is 8. The number of carbonyl (C=O) groups is 3. The average Bonchev–Trinajstić information content (AvgIpc) is 3.54. The van der Waals surface area contributed by atoms with E-state index in [9.17, 15) is 45.8 Å². The Bertz CT molecular complexity index is 3800. The minimum atomic E-state index is -4.63. The monoisotopic (exact) mass is 1140 g/mol. The van der Waals surface area contributed by atoms with E-state index in [4.69, 9.17) is 25.7 Å². The SMILES string of the molecule is Cc1cccc(C(F)(F)F)c1O.Cc1cccc(C(F)(F)F)c1OC(=O)c1c2ccccc2nc2ccccc12.O=C(Cl)c1c2ccccc2nc2ccccc12.O=C(O)c1c2ccccc2nc2ccccc12.O=S(Cl)Cl. The van der Waals surface area contributed by atoms with Gasteiger partial charge in [0.1, 0.15) is 11.5 Å². The first-order chi connectivity index (χ1) is 37.1. The van der Waals surface area contributed by atoms with Crippen molar-refractivity contribution in [3.63, 3.8) is 0 Å². The number of phenolic OH excluding ortho intramolecular Hbond substituents is 1. The summed E-state index contributed by atoms with van der Waals surface area (Å²) in [7, 11) is 7.36. The molecule has 0 spiro atoms. The largest absolute Gasteiger partial charge is 0.507 e. The summed E-state index contributed by atoms with van der Waals surface area (Å²) < 4.78 is 90.8. The molecule has 0 aliphatic rings. The number of carboxylic acids is 1. The quantitative estimate of drug-likeness (QED) is 0.0572. The first-order valence-electron chi connectivity index (χ1n) is 22.8. The first kappa shape index (κ1) is 57.5. The molecule has 0 amide bonds. The summed E-state index contributed by atoms with van der Waals surface area (Å²) in [6.07, 6.45) is -9.11. The lowest BCUT2D eigenvalue weighted by molar-refractivity contribution is -0.139. The van der Waals surface area contributed by atoms with Crippen LogP contribution in [-0.4, -0.2) is 46.6 Å². The highest BCUT2D eigenvalue weighted by Gasteiger charge is 2.36. The predicted octanol–water partition coefficient (Wildman–Crippen LogP) is 16.5. The summed E-state index contributed by atoms with van der Waals surface area (Å²) in [6.45, 7) is 2.89. The van der Waals surface area contributed by atoms with Crippen LogP contribution in [-0.2, 0) is 21.6 Å². The highest BCUT2D eigenvalue weighted by Crippen LogP contribution is 2.40. The number of pyridine rings is 3. The number of halogens is 9. The van der Waals surface area contributed by atoms with Crippen LogP contribution >= 0.6 is 33.0 Å². The molecule has 11 aromatic rings. The lowest BCUT2D eigenvalue weighted by atomic mass is 10.0. The van der Waals surface area contributed by atoms with Gasteiger partial charge in [0.15, 0.2) is 0 Å². The van der Waals surface area contributed by atoms with E-state index in [0.29, 0.717) is 54.7 Å². The number of carbonyl (C=O) groups excluding carboxylic acids is 2. The fourth-order valence-electron chi connectivity index (χ4n) is 8.22. The predicted molar refractivity (Wildman–Crippen MR) is 294 cm³/mol. The molecular weight excluding hydrogens is 1100 g/mol. The van der Waals surface area contributed by atoms with Crippen molar-refractivity contribution in [3.05, 3.63) is 221 Å². The third kappa shape index (κ3) is 13.5. The maximum Gasteiger partial charge on any atom is 0.419 e. The summed E-state index contributed by atoms with van der Waals surface area (Å²) in [5.41, 5.74) is 3.67. The van der Waals surface area contributed by atoms with Gasteiger partial charge in [-0.2, -0.15) is 26.3 Å². The Kier molecular flexibility index (Phi) is 18.3. The van der Waals surface area contributed by atoms with Crippen molar-refractivity contribution in [2.45, 2.75) is 26.2 Å². The molecule has 2 N–H and O–H groups in total. The molecule has 396 valence electrons. The number of hydrogen-bond donors (Lipinski definition) is 2. The molecule has 0 atom stereocenters. The summed E-state index contributed by atoms with van der Waals surface area (Å²) in [5, 5.41) is 21.9. The van der Waals surface area contributed by atoms with Gasteiger partial charge in [-0.25, -0.2) is 28.7 Å². The number of rotatable bonds is 4. The summed E-state index contributed by atoms with van der Waals surface area (Å²) in [6, 6.07) is 50.8. The molecule has 11 rings (SSSR count). The van der Waals surface area contributed by atoms with Gasteiger partial charge in [-0.1, -0.05) is 133 Å². The van der Waals surface area contributed by atoms with Crippen LogP contribution in [0, 0.1) is 13.8 Å². The molecule has 10 nitrogen and oxygen atoms in total. The Morgan fingerprint density at radius 1 is 0.462 bits per heavy atom. The topological polar surface area (TPSA) is 157 Å². The number of nitrogens with zero attached hydrogens (tertiary/aromatic N) is 3. The van der Waals surface area contributed by atoms with E-state index >= 15 is 0 Å². The summed E-state index contributed by atoms with van der Waals surface area (Å²) in [5.74, 6) is -2.94. The molecule has 0 saturated carbocycles. The number of aromatic nitrogens is 3. The fraction of sp³-hybridized carbons (Fsp3) is 0.0690. The van der Waals surface area contributed by atoms with Crippen LogP contribution in [0.25, 0.3) is 65.4 Å². The van der Waals surface area contributed by atoms with E-state index in [1.54, 1.807) is 60.7 Å². The summed E-state index contributed by atoms with van der Waals surface area (Å²) >= 11 is 5.69. The van der Waals surface area contributed by atoms with Crippen molar-refractivity contribution in [2.24, 2.45) is 0 Å². The Balaban J connectivity index is 0.000000154. The molecule has 0 bridgehead atoms. The number of aromatic carboxylic acids is 1. The molecule has 0 aliphatic heterocycles. The zero-order chi connectivity index (χ0) is 56.5. The number of aryl methyl sites for hydroxylation is 2. The van der Waals surface area contributed by atoms with Gasteiger partial charge in [0.05, 0.1) is 60.9 Å². The second kappa shape index (κ2) is 24.8. The van der Waals surface area contributed by atoms with Crippen LogP contribution in [0.2, 0.25) is 0 Å². The number of carboxylic acid groups (broad SMARTS) is 1. The van der Waals surface area contributed by atoms with Gasteiger partial charge in [-0.15, -0.1) is 0 Å². The zero-order valence-electron chi connectivity index (χ0n) is 40.4.